The summed E-state index contributed by atoms with van der Waals surface area (Å²) < 4.78 is 10.6. The number of anilines is 1. The lowest BCUT2D eigenvalue weighted by atomic mass is 9.89. The van der Waals surface area contributed by atoms with Crippen molar-refractivity contribution >= 4 is 23.4 Å². The number of benzene rings is 1. The second-order valence-electron chi connectivity index (χ2n) is 7.86. The highest BCUT2D eigenvalue weighted by Gasteiger charge is 2.36. The van der Waals surface area contributed by atoms with Crippen LogP contribution in [-0.4, -0.2) is 51.6 Å². The quantitative estimate of drug-likeness (QED) is 0.630. The number of ether oxygens (including phenoxy) is 2. The van der Waals surface area contributed by atoms with E-state index in [9.17, 15) is 14.4 Å². The average Bonchev–Trinajstić information content (AvgIpc) is 3.18. The summed E-state index contributed by atoms with van der Waals surface area (Å²) >= 11 is 0. The first-order chi connectivity index (χ1) is 14.5. The molecular formula is C22H31N3O5. The van der Waals surface area contributed by atoms with E-state index >= 15 is 0 Å². The van der Waals surface area contributed by atoms with Gasteiger partial charge >= 0.3 is 0 Å². The number of amides is 3. The molecule has 2 fully saturated rings. The molecule has 0 bridgehead atoms. The molecule has 1 aliphatic carbocycles. The number of nitrogens with zero attached hydrogens (tertiary/aromatic N) is 1. The molecule has 3 rings (SSSR count). The Hall–Kier alpha value is -2.77. The molecule has 1 saturated heterocycles. The maximum absolute atomic E-state index is 12.5. The summed E-state index contributed by atoms with van der Waals surface area (Å²) in [4.78, 5) is 38.8. The van der Waals surface area contributed by atoms with Gasteiger partial charge in [-0.15, -0.1) is 0 Å². The highest BCUT2D eigenvalue weighted by molar-refractivity contribution is 6.01. The predicted octanol–water partition coefficient (Wildman–Crippen LogP) is 1.87. The van der Waals surface area contributed by atoms with Crippen LogP contribution < -0.4 is 25.0 Å². The molecule has 1 aliphatic heterocycles. The van der Waals surface area contributed by atoms with Crippen LogP contribution in [0.5, 0.6) is 11.5 Å². The smallest absolute Gasteiger partial charge is 0.227 e. The first kappa shape index (κ1) is 21.9. The molecule has 1 aromatic carbocycles. The monoisotopic (exact) mass is 417 g/mol. The molecule has 8 nitrogen and oxygen atoms in total. The second-order valence-corrected chi connectivity index (χ2v) is 7.86. The molecule has 30 heavy (non-hydrogen) atoms. The summed E-state index contributed by atoms with van der Waals surface area (Å²) in [6.07, 6.45) is 5.47. The zero-order valence-electron chi connectivity index (χ0n) is 17.7. The maximum Gasteiger partial charge on any atom is 0.227 e. The molecule has 1 aromatic rings. The fourth-order valence-electron chi connectivity index (χ4n) is 4.15. The number of carbonyl (C=O) groups excluding carboxylic acids is 3. The molecular weight excluding hydrogens is 386 g/mol. The second kappa shape index (κ2) is 10.3. The molecule has 1 saturated carbocycles. The zero-order valence-corrected chi connectivity index (χ0v) is 17.7. The standard InChI is InChI=1S/C22H31N3O5/c1-29-17-8-9-19(30-2)18(13-17)25-14-16(12-20(25)26)22(28)24-11-10-23-21(27)15-6-4-3-5-7-15/h8-9,13,15-16H,3-7,10-12,14H2,1-2H3,(H,23,27)(H,24,28). The van der Waals surface area contributed by atoms with Gasteiger partial charge in [0.1, 0.15) is 11.5 Å². The van der Waals surface area contributed by atoms with Gasteiger partial charge in [-0.05, 0) is 25.0 Å². The Morgan fingerprint density at radius 1 is 1.00 bits per heavy atom. The van der Waals surface area contributed by atoms with Crippen molar-refractivity contribution in [2.24, 2.45) is 11.8 Å². The Labute approximate surface area is 177 Å². The van der Waals surface area contributed by atoms with Gasteiger partial charge in [-0.2, -0.15) is 0 Å². The number of rotatable bonds is 8. The third-order valence-corrected chi connectivity index (χ3v) is 5.87. The average molecular weight is 418 g/mol. The van der Waals surface area contributed by atoms with Crippen molar-refractivity contribution in [2.45, 2.75) is 38.5 Å². The third-order valence-electron chi connectivity index (χ3n) is 5.87. The number of carbonyl (C=O) groups is 3. The first-order valence-electron chi connectivity index (χ1n) is 10.6. The molecule has 3 amide bonds. The fraction of sp³-hybridized carbons (Fsp3) is 0.591. The first-order valence-corrected chi connectivity index (χ1v) is 10.6. The van der Waals surface area contributed by atoms with Crippen molar-refractivity contribution in [3.8, 4) is 11.5 Å². The summed E-state index contributed by atoms with van der Waals surface area (Å²) in [7, 11) is 3.10. The Kier molecular flexibility index (Phi) is 7.54. The largest absolute Gasteiger partial charge is 0.497 e. The molecule has 2 N–H and O–H groups in total. The van der Waals surface area contributed by atoms with Crippen LogP contribution in [0.1, 0.15) is 38.5 Å². The molecule has 0 spiro atoms. The normalized spacial score (nSPS) is 19.5. The van der Waals surface area contributed by atoms with Crippen molar-refractivity contribution in [1.29, 1.82) is 0 Å². The van der Waals surface area contributed by atoms with Gasteiger partial charge in [0.15, 0.2) is 0 Å². The minimum atomic E-state index is -0.442. The van der Waals surface area contributed by atoms with Crippen molar-refractivity contribution in [3.05, 3.63) is 18.2 Å². The molecule has 2 aliphatic rings. The summed E-state index contributed by atoms with van der Waals surface area (Å²) in [5.74, 6) is 0.592. The number of nitrogens with one attached hydrogen (secondary N) is 2. The molecule has 1 unspecified atom stereocenters. The van der Waals surface area contributed by atoms with E-state index in [1.807, 2.05) is 0 Å². The van der Waals surface area contributed by atoms with Crippen LogP contribution in [-0.2, 0) is 14.4 Å². The SMILES string of the molecule is COc1ccc(OC)c(N2CC(C(=O)NCCNC(=O)C3CCCCC3)CC2=O)c1. The van der Waals surface area contributed by atoms with Crippen LogP contribution in [0.25, 0.3) is 0 Å². The number of hydrogen-bond donors (Lipinski definition) is 2. The number of methoxy groups -OCH3 is 2. The van der Waals surface area contributed by atoms with Gasteiger partial charge < -0.3 is 25.0 Å². The van der Waals surface area contributed by atoms with E-state index in [-0.39, 0.29) is 36.6 Å². The molecule has 164 valence electrons. The van der Waals surface area contributed by atoms with Crippen molar-refractivity contribution in [3.63, 3.8) is 0 Å². The number of hydrogen-bond acceptors (Lipinski definition) is 5. The fourth-order valence-corrected chi connectivity index (χ4v) is 4.15. The van der Waals surface area contributed by atoms with Crippen LogP contribution in [0.3, 0.4) is 0 Å². The lowest BCUT2D eigenvalue weighted by molar-refractivity contribution is -0.127. The van der Waals surface area contributed by atoms with E-state index < -0.39 is 5.92 Å². The third kappa shape index (κ3) is 5.23. The Bertz CT molecular complexity index is 776. The van der Waals surface area contributed by atoms with E-state index in [2.05, 4.69) is 10.6 Å². The molecule has 8 heteroatoms. The summed E-state index contributed by atoms with van der Waals surface area (Å²) in [5, 5.41) is 5.75. The lowest BCUT2D eigenvalue weighted by Gasteiger charge is -2.21. The van der Waals surface area contributed by atoms with Crippen molar-refractivity contribution in [2.75, 3.05) is 38.8 Å². The van der Waals surface area contributed by atoms with E-state index in [0.29, 0.717) is 30.3 Å². The van der Waals surface area contributed by atoms with Crippen LogP contribution in [0, 0.1) is 11.8 Å². The van der Waals surface area contributed by atoms with Crippen LogP contribution in [0.4, 0.5) is 5.69 Å². The van der Waals surface area contributed by atoms with Gasteiger partial charge in [-0.1, -0.05) is 19.3 Å². The van der Waals surface area contributed by atoms with Gasteiger partial charge in [0, 0.05) is 38.0 Å². The summed E-state index contributed by atoms with van der Waals surface area (Å²) in [6.45, 7) is 1.03. The van der Waals surface area contributed by atoms with E-state index in [4.69, 9.17) is 9.47 Å². The summed E-state index contributed by atoms with van der Waals surface area (Å²) in [5.41, 5.74) is 0.594. The molecule has 0 aromatic heterocycles. The maximum atomic E-state index is 12.5. The van der Waals surface area contributed by atoms with Crippen molar-refractivity contribution in [1.82, 2.24) is 10.6 Å². The molecule has 1 atom stereocenters. The van der Waals surface area contributed by atoms with Gasteiger partial charge in [0.25, 0.3) is 0 Å². The van der Waals surface area contributed by atoms with Crippen LogP contribution in [0.15, 0.2) is 18.2 Å². The minimum absolute atomic E-state index is 0.0799. The van der Waals surface area contributed by atoms with Gasteiger partial charge in [0.2, 0.25) is 17.7 Å². The predicted molar refractivity (Wildman–Crippen MR) is 113 cm³/mol. The van der Waals surface area contributed by atoms with Gasteiger partial charge in [-0.3, -0.25) is 14.4 Å². The zero-order chi connectivity index (χ0) is 21.5. The van der Waals surface area contributed by atoms with Crippen molar-refractivity contribution < 1.29 is 23.9 Å². The Balaban J connectivity index is 1.49. The van der Waals surface area contributed by atoms with Crippen LogP contribution >= 0.6 is 0 Å². The molecule has 1 heterocycles. The topological polar surface area (TPSA) is 97.0 Å². The molecule has 0 radical (unpaired) electrons. The Morgan fingerprint density at radius 3 is 2.30 bits per heavy atom. The minimum Gasteiger partial charge on any atom is -0.497 e. The Morgan fingerprint density at radius 2 is 1.67 bits per heavy atom. The van der Waals surface area contributed by atoms with E-state index in [1.54, 1.807) is 30.2 Å². The van der Waals surface area contributed by atoms with Gasteiger partial charge in [-0.25, -0.2) is 0 Å². The van der Waals surface area contributed by atoms with Crippen LogP contribution in [0.2, 0.25) is 0 Å². The highest BCUT2D eigenvalue weighted by atomic mass is 16.5. The van der Waals surface area contributed by atoms with E-state index in [0.717, 1.165) is 25.7 Å². The summed E-state index contributed by atoms with van der Waals surface area (Å²) in [6, 6.07) is 5.23. The lowest BCUT2D eigenvalue weighted by Crippen LogP contribution is -2.40. The van der Waals surface area contributed by atoms with Gasteiger partial charge in [0.05, 0.1) is 25.8 Å². The van der Waals surface area contributed by atoms with E-state index in [1.165, 1.54) is 13.5 Å². The highest BCUT2D eigenvalue weighted by Crippen LogP contribution is 2.36.